The zero-order valence-electron chi connectivity index (χ0n) is 7.46. The van der Waals surface area contributed by atoms with Gasteiger partial charge in [0.25, 0.3) is 0 Å². The molecular weight excluding hydrogens is 184 g/mol. The fourth-order valence-corrected chi connectivity index (χ4v) is 2.26. The predicted octanol–water partition coefficient (Wildman–Crippen LogP) is 2.44. The number of rotatable bonds is 2. The van der Waals surface area contributed by atoms with E-state index in [1.807, 2.05) is 12.1 Å². The van der Waals surface area contributed by atoms with Gasteiger partial charge in [-0.25, -0.2) is 0 Å². The van der Waals surface area contributed by atoms with Crippen molar-refractivity contribution in [1.82, 2.24) is 0 Å². The first-order valence-electron chi connectivity index (χ1n) is 4.68. The average Bonchev–Trinajstić information content (AvgIpc) is 2.46. The van der Waals surface area contributed by atoms with E-state index in [2.05, 4.69) is 6.07 Å². The van der Waals surface area contributed by atoms with E-state index in [1.165, 1.54) is 11.1 Å². The van der Waals surface area contributed by atoms with Crippen LogP contribution in [0.15, 0.2) is 18.2 Å². The fourth-order valence-electron chi connectivity index (χ4n) is 2.06. The van der Waals surface area contributed by atoms with E-state index in [9.17, 15) is 0 Å². The molecule has 2 heteroatoms. The van der Waals surface area contributed by atoms with Crippen molar-refractivity contribution in [2.75, 3.05) is 6.61 Å². The summed E-state index contributed by atoms with van der Waals surface area (Å²) in [6, 6.07) is 6.10. The maximum absolute atomic E-state index is 8.83. The number of aliphatic hydroxyl groups is 1. The lowest BCUT2D eigenvalue weighted by molar-refractivity contribution is 0.259. The van der Waals surface area contributed by atoms with Crippen molar-refractivity contribution in [2.24, 2.45) is 5.92 Å². The van der Waals surface area contributed by atoms with Gasteiger partial charge >= 0.3 is 0 Å². The van der Waals surface area contributed by atoms with Gasteiger partial charge in [-0.3, -0.25) is 0 Å². The van der Waals surface area contributed by atoms with Gasteiger partial charge in [0.2, 0.25) is 0 Å². The number of benzene rings is 1. The Morgan fingerprint density at radius 3 is 2.85 bits per heavy atom. The number of aliphatic hydroxyl groups excluding tert-OH is 1. The molecule has 1 atom stereocenters. The number of halogens is 1. The summed E-state index contributed by atoms with van der Waals surface area (Å²) in [6.07, 6.45) is 3.09. The number of fused-ring (bicyclic) bond motifs is 1. The maximum Gasteiger partial charge on any atom is 0.0433 e. The van der Waals surface area contributed by atoms with Gasteiger partial charge < -0.3 is 5.11 Å². The molecule has 1 nitrogen and oxygen atoms in total. The molecule has 1 aliphatic carbocycles. The molecule has 13 heavy (non-hydrogen) atoms. The Morgan fingerprint density at radius 1 is 1.31 bits per heavy atom. The molecule has 0 aliphatic heterocycles. The molecule has 2 rings (SSSR count). The highest BCUT2D eigenvalue weighted by atomic mass is 35.5. The molecule has 0 saturated heterocycles. The Kier molecular flexibility index (Phi) is 2.56. The summed E-state index contributed by atoms with van der Waals surface area (Å²) >= 11 is 5.90. The second-order valence-electron chi connectivity index (χ2n) is 3.70. The Labute approximate surface area is 83.3 Å². The van der Waals surface area contributed by atoms with E-state index in [1.54, 1.807) is 0 Å². The van der Waals surface area contributed by atoms with Gasteiger partial charge in [-0.05, 0) is 48.4 Å². The van der Waals surface area contributed by atoms with Crippen molar-refractivity contribution >= 4 is 11.6 Å². The zero-order chi connectivity index (χ0) is 9.26. The van der Waals surface area contributed by atoms with Gasteiger partial charge in [0.05, 0.1) is 0 Å². The van der Waals surface area contributed by atoms with Crippen LogP contribution in [0.5, 0.6) is 0 Å². The summed E-state index contributed by atoms with van der Waals surface area (Å²) in [6.45, 7) is 0.298. The van der Waals surface area contributed by atoms with Crippen LogP contribution in [0.3, 0.4) is 0 Å². The van der Waals surface area contributed by atoms with E-state index >= 15 is 0 Å². The largest absolute Gasteiger partial charge is 0.396 e. The third kappa shape index (κ3) is 1.87. The van der Waals surface area contributed by atoms with Crippen molar-refractivity contribution in [3.63, 3.8) is 0 Å². The monoisotopic (exact) mass is 196 g/mol. The fraction of sp³-hybridized carbons (Fsp3) is 0.455. The molecule has 1 aromatic carbocycles. The molecule has 1 aliphatic rings. The van der Waals surface area contributed by atoms with E-state index in [4.69, 9.17) is 16.7 Å². The third-order valence-electron chi connectivity index (χ3n) is 2.72. The van der Waals surface area contributed by atoms with Gasteiger partial charge in [0, 0.05) is 11.6 Å². The number of hydrogen-bond donors (Lipinski definition) is 1. The summed E-state index contributed by atoms with van der Waals surface area (Å²) in [5.41, 5.74) is 2.77. The van der Waals surface area contributed by atoms with Crippen LogP contribution in [0.1, 0.15) is 17.5 Å². The minimum Gasteiger partial charge on any atom is -0.396 e. The lowest BCUT2D eigenvalue weighted by Crippen LogP contribution is -2.01. The third-order valence-corrected chi connectivity index (χ3v) is 2.96. The van der Waals surface area contributed by atoms with Crippen molar-refractivity contribution in [3.8, 4) is 0 Å². The van der Waals surface area contributed by atoms with Crippen molar-refractivity contribution < 1.29 is 5.11 Å². The van der Waals surface area contributed by atoms with Gasteiger partial charge in [-0.15, -0.1) is 0 Å². The van der Waals surface area contributed by atoms with Crippen LogP contribution in [0.25, 0.3) is 0 Å². The lowest BCUT2D eigenvalue weighted by atomic mass is 10.0. The highest BCUT2D eigenvalue weighted by Crippen LogP contribution is 2.30. The van der Waals surface area contributed by atoms with Crippen LogP contribution in [-0.4, -0.2) is 11.7 Å². The highest BCUT2D eigenvalue weighted by molar-refractivity contribution is 6.30. The molecule has 70 valence electrons. The Morgan fingerprint density at radius 2 is 2.08 bits per heavy atom. The second kappa shape index (κ2) is 3.69. The van der Waals surface area contributed by atoms with Crippen LogP contribution in [-0.2, 0) is 12.8 Å². The standard InChI is InChI=1S/C11H13ClO/c12-11-2-1-9-5-8(3-4-13)6-10(9)7-11/h1-2,7-8,13H,3-6H2. The Balaban J connectivity index is 2.16. The van der Waals surface area contributed by atoms with Crippen molar-refractivity contribution in [1.29, 1.82) is 0 Å². The van der Waals surface area contributed by atoms with Crippen molar-refractivity contribution in [3.05, 3.63) is 34.3 Å². The van der Waals surface area contributed by atoms with Gasteiger partial charge in [0.1, 0.15) is 0 Å². The molecule has 0 aromatic heterocycles. The minimum atomic E-state index is 0.298. The van der Waals surface area contributed by atoms with E-state index in [-0.39, 0.29) is 0 Å². The minimum absolute atomic E-state index is 0.298. The predicted molar refractivity (Wildman–Crippen MR) is 54.1 cm³/mol. The van der Waals surface area contributed by atoms with Crippen molar-refractivity contribution in [2.45, 2.75) is 19.3 Å². The average molecular weight is 197 g/mol. The van der Waals surface area contributed by atoms with Gasteiger partial charge in [-0.2, -0.15) is 0 Å². The van der Waals surface area contributed by atoms with Crippen LogP contribution < -0.4 is 0 Å². The van der Waals surface area contributed by atoms with E-state index in [0.717, 1.165) is 24.3 Å². The Bertz CT molecular complexity index is 309. The topological polar surface area (TPSA) is 20.2 Å². The second-order valence-corrected chi connectivity index (χ2v) is 4.14. The smallest absolute Gasteiger partial charge is 0.0433 e. The summed E-state index contributed by atoms with van der Waals surface area (Å²) in [5, 5.41) is 9.66. The molecule has 0 spiro atoms. The maximum atomic E-state index is 8.83. The number of hydrogen-bond acceptors (Lipinski definition) is 1. The van der Waals surface area contributed by atoms with Crippen LogP contribution in [0.4, 0.5) is 0 Å². The van der Waals surface area contributed by atoms with Crippen LogP contribution in [0, 0.1) is 5.92 Å². The van der Waals surface area contributed by atoms with Crippen LogP contribution >= 0.6 is 11.6 Å². The Hall–Kier alpha value is -0.530. The molecule has 0 radical (unpaired) electrons. The highest BCUT2D eigenvalue weighted by Gasteiger charge is 2.20. The van der Waals surface area contributed by atoms with Gasteiger partial charge in [0.15, 0.2) is 0 Å². The molecular formula is C11H13ClO. The molecule has 0 amide bonds. The molecule has 1 N–H and O–H groups in total. The molecule has 0 saturated carbocycles. The molecule has 1 unspecified atom stereocenters. The van der Waals surface area contributed by atoms with Gasteiger partial charge in [-0.1, -0.05) is 17.7 Å². The summed E-state index contributed by atoms with van der Waals surface area (Å²) in [5.74, 6) is 0.624. The first-order valence-corrected chi connectivity index (χ1v) is 5.05. The molecule has 0 bridgehead atoms. The summed E-state index contributed by atoms with van der Waals surface area (Å²) in [4.78, 5) is 0. The summed E-state index contributed by atoms with van der Waals surface area (Å²) < 4.78 is 0. The summed E-state index contributed by atoms with van der Waals surface area (Å²) in [7, 11) is 0. The quantitative estimate of drug-likeness (QED) is 0.771. The SMILES string of the molecule is OCCC1Cc2ccc(Cl)cc2C1. The van der Waals surface area contributed by atoms with Crippen LogP contribution in [0.2, 0.25) is 5.02 Å². The molecule has 1 aromatic rings. The van der Waals surface area contributed by atoms with E-state index < -0.39 is 0 Å². The molecule has 0 fully saturated rings. The van der Waals surface area contributed by atoms with E-state index in [0.29, 0.717) is 12.5 Å². The first kappa shape index (κ1) is 9.04. The first-order chi connectivity index (χ1) is 6.29. The zero-order valence-corrected chi connectivity index (χ0v) is 8.22. The normalized spacial score (nSPS) is 20.3. The lowest BCUT2D eigenvalue weighted by Gasteiger charge is -2.03. The molecule has 0 heterocycles.